The lowest BCUT2D eigenvalue weighted by Crippen LogP contribution is -2.27. The van der Waals surface area contributed by atoms with E-state index in [1.807, 2.05) is 13.8 Å². The lowest BCUT2D eigenvalue weighted by Gasteiger charge is -2.27. The molecule has 58 heavy (non-hydrogen) atoms. The normalized spacial score (nSPS) is 13.6. The van der Waals surface area contributed by atoms with Crippen molar-refractivity contribution in [3.63, 3.8) is 0 Å². The van der Waals surface area contributed by atoms with Gasteiger partial charge in [0, 0.05) is 47.7 Å². The first kappa shape index (κ1) is 44.3. The lowest BCUT2D eigenvalue weighted by molar-refractivity contribution is -0.119. The van der Waals surface area contributed by atoms with Crippen LogP contribution >= 0.6 is 23.2 Å². The van der Waals surface area contributed by atoms with Crippen LogP contribution in [-0.4, -0.2) is 73.2 Å². The predicted octanol–water partition coefficient (Wildman–Crippen LogP) is 5.53. The summed E-state index contributed by atoms with van der Waals surface area (Å²) < 4.78 is 70.1. The van der Waals surface area contributed by atoms with E-state index in [9.17, 15) is 45.1 Å². The molecule has 2 unspecified atom stereocenters. The van der Waals surface area contributed by atoms with Gasteiger partial charge in [0.1, 0.15) is 21.6 Å². The van der Waals surface area contributed by atoms with E-state index in [2.05, 4.69) is 21.3 Å². The molecule has 4 aromatic carbocycles. The van der Waals surface area contributed by atoms with Crippen LogP contribution in [0.3, 0.4) is 0 Å². The highest BCUT2D eigenvalue weighted by atomic mass is 35.5. The van der Waals surface area contributed by atoms with E-state index in [0.29, 0.717) is 35.3 Å². The second-order valence-electron chi connectivity index (χ2n) is 13.9. The Morgan fingerprint density at radius 1 is 0.586 bits per heavy atom. The van der Waals surface area contributed by atoms with Gasteiger partial charge in [0.25, 0.3) is 20.2 Å². The second-order valence-corrected chi connectivity index (χ2v) is 17.1. The molecule has 6 N–H and O–H groups in total. The van der Waals surface area contributed by atoms with Crippen molar-refractivity contribution in [2.45, 2.75) is 74.5 Å². The molecule has 1 aliphatic rings. The highest BCUT2D eigenvalue weighted by Gasteiger charge is 2.34. The molecule has 2 atom stereocenters. The Bertz CT molecular complexity index is 2310. The number of carbonyl (C=O) groups is 4. The number of alkyl halides is 2. The maximum Gasteiger partial charge on any atom is 0.295 e. The number of rotatable bonds is 18. The Labute approximate surface area is 346 Å². The molecule has 0 aromatic heterocycles. The van der Waals surface area contributed by atoms with Crippen molar-refractivity contribution in [3.8, 4) is 0 Å². The summed E-state index contributed by atoms with van der Waals surface area (Å²) in [5.74, 6) is -2.43. The molecule has 0 spiro atoms. The zero-order valence-electron chi connectivity index (χ0n) is 31.5. The van der Waals surface area contributed by atoms with E-state index in [4.69, 9.17) is 23.2 Å². The summed E-state index contributed by atoms with van der Waals surface area (Å²) in [4.78, 5) is 51.1. The zero-order valence-corrected chi connectivity index (χ0v) is 34.6. The molecule has 0 saturated carbocycles. The topological polar surface area (TPSA) is 225 Å². The van der Waals surface area contributed by atoms with Crippen LogP contribution in [0.1, 0.15) is 80.8 Å². The highest BCUT2D eigenvalue weighted by Crippen LogP contribution is 2.38. The molecule has 0 fully saturated rings. The van der Waals surface area contributed by atoms with Crippen LogP contribution < -0.4 is 21.3 Å². The minimum Gasteiger partial charge on any atom is -0.382 e. The fourth-order valence-electron chi connectivity index (χ4n) is 6.98. The Balaban J connectivity index is 1.39. The molecule has 2 amide bonds. The molecular formula is C40H42Cl2N4O10S2. The summed E-state index contributed by atoms with van der Waals surface area (Å²) in [5, 5.41) is 11.7. The summed E-state index contributed by atoms with van der Waals surface area (Å²) in [5.41, 5.74) is 2.51. The zero-order chi connectivity index (χ0) is 42.4. The van der Waals surface area contributed by atoms with E-state index < -0.39 is 32.1 Å². The van der Waals surface area contributed by atoms with Crippen LogP contribution in [0.5, 0.6) is 0 Å². The smallest absolute Gasteiger partial charge is 0.295 e. The fourth-order valence-corrected chi connectivity index (χ4v) is 9.11. The van der Waals surface area contributed by atoms with Gasteiger partial charge < -0.3 is 21.3 Å². The first-order valence-corrected chi connectivity index (χ1v) is 22.1. The van der Waals surface area contributed by atoms with E-state index in [0.717, 1.165) is 0 Å². The summed E-state index contributed by atoms with van der Waals surface area (Å²) in [6, 6.07) is 18.4. The van der Waals surface area contributed by atoms with Gasteiger partial charge in [-0.25, -0.2) is 0 Å². The molecule has 0 heterocycles. The third-order valence-electron chi connectivity index (χ3n) is 9.64. The van der Waals surface area contributed by atoms with Crippen LogP contribution in [0, 0.1) is 0 Å². The van der Waals surface area contributed by atoms with Crippen molar-refractivity contribution in [2.24, 2.45) is 0 Å². The number of benzene rings is 4. The van der Waals surface area contributed by atoms with E-state index >= 15 is 0 Å². The summed E-state index contributed by atoms with van der Waals surface area (Å²) >= 11 is 11.1. The molecule has 4 aromatic rings. The molecule has 5 rings (SSSR count). The number of nitrogens with one attached hydrogen (secondary N) is 4. The Kier molecular flexibility index (Phi) is 14.4. The van der Waals surface area contributed by atoms with Crippen molar-refractivity contribution < 1.29 is 45.1 Å². The number of carbonyl (C=O) groups excluding carboxylic acids is 4. The minimum atomic E-state index is -4.68. The van der Waals surface area contributed by atoms with Gasteiger partial charge in [-0.05, 0) is 73.9 Å². The molecular weight excluding hydrogens is 831 g/mol. The monoisotopic (exact) mass is 872 g/mol. The predicted molar refractivity (Wildman–Crippen MR) is 220 cm³/mol. The lowest BCUT2D eigenvalue weighted by atomic mass is 9.82. The van der Waals surface area contributed by atoms with Gasteiger partial charge in [0.15, 0.2) is 11.6 Å². The molecule has 0 saturated heterocycles. The fraction of sp³-hybridized carbons (Fsp3) is 0.300. The first-order valence-electron chi connectivity index (χ1n) is 18.1. The number of aryl methyl sites for hydroxylation is 2. The van der Waals surface area contributed by atoms with Gasteiger partial charge in [0.2, 0.25) is 11.8 Å². The molecule has 0 aliphatic heterocycles. The number of halogens is 2. The average molecular weight is 874 g/mol. The maximum atomic E-state index is 14.1. The van der Waals surface area contributed by atoms with Crippen molar-refractivity contribution in [1.29, 1.82) is 0 Å². The van der Waals surface area contributed by atoms with Crippen molar-refractivity contribution >= 4 is 78.2 Å². The van der Waals surface area contributed by atoms with E-state index in [1.54, 1.807) is 60.7 Å². The van der Waals surface area contributed by atoms with Crippen molar-refractivity contribution in [2.75, 3.05) is 22.4 Å². The molecule has 0 bridgehead atoms. The van der Waals surface area contributed by atoms with Crippen LogP contribution in [-0.2, 0) is 55.8 Å². The van der Waals surface area contributed by atoms with E-state index in [1.165, 1.54) is 12.1 Å². The summed E-state index contributed by atoms with van der Waals surface area (Å²) in [7, 11) is -9.36. The third-order valence-corrected chi connectivity index (χ3v) is 12.2. The molecule has 308 valence electrons. The largest absolute Gasteiger partial charge is 0.382 e. The number of ketones is 2. The average Bonchev–Trinajstić information content (AvgIpc) is 3.18. The standard InChI is InChI=1S/C40H42Cl2N4O10S2/c1-23(13-15-25-7-5-9-27(21-43-33(47)19-41)39(25)57(51,52)53)45-31-17-18-32(36-35(31)37(49)29-11-3-4-12-30(29)38(36)50)46-24(2)14-16-26-8-6-10-28(22-44-34(48)20-42)40(26)58(54,55)56/h3-12,17-18,23-24,45-46H,13-16,19-22H2,1-2H3,(H,43,47)(H,44,48)(H,51,52,53)(H,54,55,56). The summed E-state index contributed by atoms with van der Waals surface area (Å²) in [6.45, 7) is 3.31. The Morgan fingerprint density at radius 2 is 0.948 bits per heavy atom. The van der Waals surface area contributed by atoms with Crippen molar-refractivity contribution in [1.82, 2.24) is 10.6 Å². The summed E-state index contributed by atoms with van der Waals surface area (Å²) in [6.07, 6.45) is 1.02. The van der Waals surface area contributed by atoms with Crippen LogP contribution in [0.25, 0.3) is 0 Å². The van der Waals surface area contributed by atoms with E-state index in [-0.39, 0.29) is 105 Å². The molecule has 0 radical (unpaired) electrons. The molecule has 18 heteroatoms. The molecule has 1 aliphatic carbocycles. The third kappa shape index (κ3) is 10.4. The Morgan fingerprint density at radius 3 is 1.29 bits per heavy atom. The Hall–Kier alpha value is -4.84. The SMILES string of the molecule is CC(CCc1cccc(CNC(=O)CCl)c1S(=O)(=O)O)Nc1ccc(NC(C)CCc2cccc(CNC(=O)CCl)c2S(=O)(=O)O)c2c1C(=O)c1ccccc1C2=O. The van der Waals surface area contributed by atoms with Crippen LogP contribution in [0.4, 0.5) is 11.4 Å². The number of anilines is 2. The maximum absolute atomic E-state index is 14.1. The van der Waals surface area contributed by atoms with Gasteiger partial charge in [-0.2, -0.15) is 16.8 Å². The number of hydrogen-bond donors (Lipinski definition) is 6. The van der Waals surface area contributed by atoms with Gasteiger partial charge in [-0.3, -0.25) is 28.3 Å². The van der Waals surface area contributed by atoms with Gasteiger partial charge in [-0.1, -0.05) is 60.7 Å². The minimum absolute atomic E-state index is 0.142. The van der Waals surface area contributed by atoms with Gasteiger partial charge in [-0.15, -0.1) is 23.2 Å². The number of fused-ring (bicyclic) bond motifs is 2. The van der Waals surface area contributed by atoms with Crippen LogP contribution in [0.15, 0.2) is 82.6 Å². The van der Waals surface area contributed by atoms with Gasteiger partial charge >= 0.3 is 0 Å². The van der Waals surface area contributed by atoms with Crippen LogP contribution in [0.2, 0.25) is 0 Å². The quantitative estimate of drug-likeness (QED) is 0.0472. The molecule has 14 nitrogen and oxygen atoms in total. The number of amides is 2. The number of hydrogen-bond acceptors (Lipinski definition) is 10. The van der Waals surface area contributed by atoms with Crippen molar-refractivity contribution in [3.05, 3.63) is 117 Å². The second kappa shape index (κ2) is 18.8. The van der Waals surface area contributed by atoms with Gasteiger partial charge in [0.05, 0.1) is 11.1 Å². The first-order chi connectivity index (χ1) is 27.4. The highest BCUT2D eigenvalue weighted by molar-refractivity contribution is 7.86.